The summed E-state index contributed by atoms with van der Waals surface area (Å²) in [5.74, 6) is 0. The van der Waals surface area contributed by atoms with E-state index < -0.39 is 23.2 Å². The molecular formula is C21H18Cl2Zr. The molecule has 0 spiro atoms. The molecule has 2 aliphatic carbocycles. The van der Waals surface area contributed by atoms with E-state index in [-0.39, 0.29) is 24.8 Å². The van der Waals surface area contributed by atoms with E-state index in [0.717, 1.165) is 0 Å². The predicted molar refractivity (Wildman–Crippen MR) is 89.3 cm³/mol. The van der Waals surface area contributed by atoms with Gasteiger partial charge < -0.3 is 24.8 Å². The normalized spacial score (nSPS) is 14.1. The maximum atomic E-state index is 2.36. The fraction of sp³-hybridized carbons (Fsp3) is 0.143. The van der Waals surface area contributed by atoms with E-state index in [9.17, 15) is 0 Å². The Hall–Kier alpha value is -0.877. The van der Waals surface area contributed by atoms with Crippen molar-refractivity contribution < 1.29 is 48.0 Å². The van der Waals surface area contributed by atoms with Crippen LogP contribution in [0.5, 0.6) is 0 Å². The second-order valence-corrected chi connectivity index (χ2v) is 9.56. The van der Waals surface area contributed by atoms with Crippen LogP contribution in [0, 0.1) is 0 Å². The van der Waals surface area contributed by atoms with Crippen LogP contribution in [0.15, 0.2) is 81.2 Å². The summed E-state index contributed by atoms with van der Waals surface area (Å²) < 4.78 is 2.29. The molecule has 2 aliphatic rings. The quantitative estimate of drug-likeness (QED) is 0.608. The Labute approximate surface area is 168 Å². The molecule has 0 nitrogen and oxygen atoms in total. The molecule has 0 unspecified atom stereocenters. The summed E-state index contributed by atoms with van der Waals surface area (Å²) in [5, 5.41) is 0. The summed E-state index contributed by atoms with van der Waals surface area (Å²) in [6.07, 6.45) is 6.88. The van der Waals surface area contributed by atoms with Crippen LogP contribution in [-0.2, 0) is 23.2 Å². The van der Waals surface area contributed by atoms with Crippen LogP contribution in [-0.4, -0.2) is 0 Å². The van der Waals surface area contributed by atoms with E-state index in [1.807, 2.05) is 0 Å². The SMILES string of the molecule is CC(C)=C1C=CC=[C]1[Zr+2][CH]1c2ccccc2-c2ccccc21.[Cl-].[Cl-]. The average Bonchev–Trinajstić information content (AvgIpc) is 3.12. The molecule has 3 heteroatoms. The van der Waals surface area contributed by atoms with Crippen molar-refractivity contribution in [1.29, 1.82) is 0 Å². The largest absolute Gasteiger partial charge is 1.00 e. The zero-order valence-electron chi connectivity index (χ0n) is 13.7. The first-order valence-corrected chi connectivity index (χ1v) is 10.4. The van der Waals surface area contributed by atoms with Gasteiger partial charge >= 0.3 is 144 Å². The van der Waals surface area contributed by atoms with Crippen LogP contribution in [0.1, 0.15) is 28.6 Å². The molecule has 2 aromatic rings. The van der Waals surface area contributed by atoms with E-state index >= 15 is 0 Å². The van der Waals surface area contributed by atoms with Gasteiger partial charge in [0.2, 0.25) is 0 Å². The maximum absolute atomic E-state index is 2.36. The molecule has 120 valence electrons. The Morgan fingerprint density at radius 1 is 0.833 bits per heavy atom. The molecule has 0 amide bonds. The van der Waals surface area contributed by atoms with Gasteiger partial charge in [-0.3, -0.25) is 0 Å². The summed E-state index contributed by atoms with van der Waals surface area (Å²) in [5.41, 5.74) is 8.95. The van der Waals surface area contributed by atoms with Gasteiger partial charge in [0.25, 0.3) is 0 Å². The zero-order chi connectivity index (χ0) is 15.1. The Bertz CT molecular complexity index is 797. The average molecular weight is 433 g/mol. The Morgan fingerprint density at radius 2 is 1.38 bits per heavy atom. The predicted octanol–water partition coefficient (Wildman–Crippen LogP) is -0.363. The summed E-state index contributed by atoms with van der Waals surface area (Å²) in [4.78, 5) is 0. The Balaban J connectivity index is 0.00000104. The van der Waals surface area contributed by atoms with E-state index in [4.69, 9.17) is 0 Å². The van der Waals surface area contributed by atoms with Gasteiger partial charge in [-0.15, -0.1) is 0 Å². The number of halogens is 2. The van der Waals surface area contributed by atoms with Crippen LogP contribution in [0.2, 0.25) is 0 Å². The van der Waals surface area contributed by atoms with Crippen molar-refractivity contribution in [2.75, 3.05) is 0 Å². The first-order chi connectivity index (χ1) is 10.8. The van der Waals surface area contributed by atoms with Crippen molar-refractivity contribution in [3.63, 3.8) is 0 Å². The van der Waals surface area contributed by atoms with Crippen molar-refractivity contribution in [2.24, 2.45) is 0 Å². The third-order valence-corrected chi connectivity index (χ3v) is 8.56. The minimum atomic E-state index is -0.736. The van der Waals surface area contributed by atoms with Gasteiger partial charge in [0.15, 0.2) is 0 Å². The molecule has 0 saturated carbocycles. The number of hydrogen-bond donors (Lipinski definition) is 0. The molecule has 2 aromatic carbocycles. The van der Waals surface area contributed by atoms with Crippen molar-refractivity contribution in [3.8, 4) is 11.1 Å². The molecule has 24 heavy (non-hydrogen) atoms. The van der Waals surface area contributed by atoms with Gasteiger partial charge in [-0.05, 0) is 0 Å². The Morgan fingerprint density at radius 3 is 1.92 bits per heavy atom. The monoisotopic (exact) mass is 430 g/mol. The molecule has 0 radical (unpaired) electrons. The fourth-order valence-electron chi connectivity index (χ4n) is 3.45. The smallest absolute Gasteiger partial charge is 1.00 e. The molecule has 4 rings (SSSR count). The third kappa shape index (κ3) is 3.27. The van der Waals surface area contributed by atoms with Crippen LogP contribution >= 0.6 is 0 Å². The summed E-state index contributed by atoms with van der Waals surface area (Å²) in [7, 11) is 0. The molecule has 0 aliphatic heterocycles. The van der Waals surface area contributed by atoms with Gasteiger partial charge in [0.1, 0.15) is 0 Å². The summed E-state index contributed by atoms with van der Waals surface area (Å²) >= 11 is -0.736. The topological polar surface area (TPSA) is 0 Å². The second kappa shape index (κ2) is 8.00. The molecule has 0 saturated heterocycles. The number of rotatable bonds is 2. The van der Waals surface area contributed by atoms with Crippen molar-refractivity contribution in [2.45, 2.75) is 17.5 Å². The molecule has 0 bridgehead atoms. The molecule has 0 heterocycles. The van der Waals surface area contributed by atoms with Gasteiger partial charge in [0.05, 0.1) is 0 Å². The molecular weight excluding hydrogens is 414 g/mol. The Kier molecular flexibility index (Phi) is 6.48. The van der Waals surface area contributed by atoms with E-state index in [1.54, 1.807) is 14.4 Å². The molecule has 0 atom stereocenters. The first kappa shape index (κ1) is 19.4. The molecule has 0 N–H and O–H groups in total. The van der Waals surface area contributed by atoms with Crippen LogP contribution < -0.4 is 24.8 Å². The van der Waals surface area contributed by atoms with Crippen LogP contribution in [0.4, 0.5) is 0 Å². The molecule has 0 fully saturated rings. The summed E-state index contributed by atoms with van der Waals surface area (Å²) in [6, 6.07) is 18.0. The number of hydrogen-bond acceptors (Lipinski definition) is 0. The third-order valence-electron chi connectivity index (χ3n) is 4.49. The van der Waals surface area contributed by atoms with Gasteiger partial charge in [-0.2, -0.15) is 0 Å². The second-order valence-electron chi connectivity index (χ2n) is 6.10. The fourth-order valence-corrected chi connectivity index (χ4v) is 7.89. The van der Waals surface area contributed by atoms with Gasteiger partial charge in [-0.25, -0.2) is 0 Å². The minimum Gasteiger partial charge on any atom is -1.00 e. The molecule has 0 aromatic heterocycles. The van der Waals surface area contributed by atoms with Gasteiger partial charge in [0, 0.05) is 0 Å². The summed E-state index contributed by atoms with van der Waals surface area (Å²) in [6.45, 7) is 4.46. The van der Waals surface area contributed by atoms with E-state index in [1.165, 1.54) is 22.3 Å². The zero-order valence-corrected chi connectivity index (χ0v) is 17.7. The van der Waals surface area contributed by atoms with E-state index in [2.05, 4.69) is 80.6 Å². The van der Waals surface area contributed by atoms with Crippen molar-refractivity contribution in [3.05, 3.63) is 92.3 Å². The number of allylic oxidation sites excluding steroid dienone is 6. The number of fused-ring (bicyclic) bond motifs is 3. The van der Waals surface area contributed by atoms with Crippen molar-refractivity contribution >= 4 is 0 Å². The minimum absolute atomic E-state index is 0. The van der Waals surface area contributed by atoms with Gasteiger partial charge in [-0.1, -0.05) is 0 Å². The maximum Gasteiger partial charge on any atom is -1.00 e. The first-order valence-electron chi connectivity index (χ1n) is 7.76. The van der Waals surface area contributed by atoms with Crippen molar-refractivity contribution in [1.82, 2.24) is 0 Å². The van der Waals surface area contributed by atoms with E-state index in [0.29, 0.717) is 3.63 Å². The standard InChI is InChI=1S/C13H9.C8H9.2ClH.Zr/c1-3-7-12-10(5-1)9-11-6-2-4-8-13(11)12;1-7(2)8-5-3-4-6-8;;;/h1-9H;3-5H,1-2H3;2*1H;/q;;;;+2/p-2. The number of benzene rings is 2. The van der Waals surface area contributed by atoms with Crippen LogP contribution in [0.25, 0.3) is 11.1 Å². The van der Waals surface area contributed by atoms with Crippen LogP contribution in [0.3, 0.4) is 0 Å².